The average molecular weight is 743 g/mol. The second kappa shape index (κ2) is 14.7. The Morgan fingerprint density at radius 3 is 0.765 bits per heavy atom. The van der Waals surface area contributed by atoms with Crippen LogP contribution in [0.2, 0.25) is 0 Å². The van der Waals surface area contributed by atoms with Gasteiger partial charge in [-0.1, -0.05) is 146 Å². The Hall–Kier alpha value is -6.23. The molecule has 2 aliphatic heterocycles. The van der Waals surface area contributed by atoms with Crippen molar-refractivity contribution >= 4 is 53.2 Å². The third-order valence-electron chi connectivity index (χ3n) is 8.86. The first kappa shape index (κ1) is 33.3. The van der Waals surface area contributed by atoms with Gasteiger partial charge in [0.25, 0.3) is 0 Å². The molecule has 7 aromatic rings. The van der Waals surface area contributed by atoms with E-state index in [2.05, 4.69) is 152 Å². The molecule has 9 rings (SSSR count). The predicted octanol–water partition coefficient (Wildman–Crippen LogP) is 10.3. The monoisotopic (exact) mass is 743 g/mol. The van der Waals surface area contributed by atoms with Crippen molar-refractivity contribution in [2.24, 2.45) is 0 Å². The maximum atomic E-state index is 7.75. The van der Waals surface area contributed by atoms with Gasteiger partial charge in [0, 0.05) is 0 Å². The Morgan fingerprint density at radius 2 is 0.549 bits per heavy atom. The van der Waals surface area contributed by atoms with Gasteiger partial charge >= 0.3 is 19.5 Å². The molecule has 243 valence electrons. The molecular weight excluding hydrogens is 714 g/mol. The molecule has 8 bridgehead atoms. The third kappa shape index (κ3) is 6.34. The number of hydrogen-bond donors (Lipinski definition) is 0. The van der Waals surface area contributed by atoms with Gasteiger partial charge in [0.05, 0.1) is 22.8 Å². The molecule has 0 spiro atoms. The topological polar surface area (TPSA) is 71.1 Å². The molecular formula is C45H29N4ORu. The normalized spacial score (nSPS) is 11.4. The molecule has 0 aliphatic carbocycles. The Bertz CT molecular complexity index is 2210. The van der Waals surface area contributed by atoms with Crippen molar-refractivity contribution in [3.63, 3.8) is 0 Å². The van der Waals surface area contributed by atoms with Gasteiger partial charge in [0.15, 0.2) is 0 Å². The molecule has 51 heavy (non-hydrogen) atoms. The van der Waals surface area contributed by atoms with Gasteiger partial charge in [-0.3, -0.25) is 6.79 Å². The fourth-order valence-corrected chi connectivity index (χ4v) is 6.69. The van der Waals surface area contributed by atoms with Crippen molar-refractivity contribution in [3.05, 3.63) is 168 Å². The summed E-state index contributed by atoms with van der Waals surface area (Å²) in [6.45, 7) is 3.25. The van der Waals surface area contributed by atoms with E-state index in [1.54, 1.807) is 0 Å². The standard InChI is InChI=1S/C44H28N4.CHO.Ru/c1-5-13-29(14-6-1)41-33-21-23-35(45-33)42(30-15-7-2-8-16-30)37-25-27-39(47-37)44(32-19-11-4-12-20-32)40-28-26-38(48-40)43(31-17-9-3-10-18-31)36-24-22-34(41)46-36;1-2;/h1-28H;1H;/q-2;-1;+3. The van der Waals surface area contributed by atoms with E-state index in [1.165, 1.54) is 0 Å². The number of aromatic nitrogens is 4. The molecule has 5 heterocycles. The summed E-state index contributed by atoms with van der Waals surface area (Å²) in [5.41, 5.74) is 15.0. The Balaban J connectivity index is 0.00000133. The number of rotatable bonds is 4. The predicted molar refractivity (Wildman–Crippen MR) is 205 cm³/mol. The van der Waals surface area contributed by atoms with Gasteiger partial charge in [-0.05, 0) is 68.8 Å². The smallest absolute Gasteiger partial charge is 0.657 e. The van der Waals surface area contributed by atoms with Crippen LogP contribution in [-0.2, 0) is 24.3 Å². The largest absolute Gasteiger partial charge is 3.00 e. The number of carbonyl (C=O) groups excluding carboxylic acids is 1. The summed E-state index contributed by atoms with van der Waals surface area (Å²) >= 11 is 0. The van der Waals surface area contributed by atoms with Crippen LogP contribution < -0.4 is 9.97 Å². The van der Waals surface area contributed by atoms with Crippen LogP contribution >= 0.6 is 0 Å². The van der Waals surface area contributed by atoms with Gasteiger partial charge in [-0.15, -0.1) is 22.1 Å². The summed E-state index contributed by atoms with van der Waals surface area (Å²) < 4.78 is 0. The summed E-state index contributed by atoms with van der Waals surface area (Å²) in [6.07, 6.45) is 8.41. The van der Waals surface area contributed by atoms with Crippen LogP contribution in [0.4, 0.5) is 0 Å². The van der Waals surface area contributed by atoms with Crippen molar-refractivity contribution in [1.82, 2.24) is 19.9 Å². The van der Waals surface area contributed by atoms with Crippen LogP contribution in [0.3, 0.4) is 0 Å². The van der Waals surface area contributed by atoms with E-state index in [1.807, 2.05) is 24.3 Å². The first-order valence-electron chi connectivity index (χ1n) is 16.3. The minimum atomic E-state index is 0. The number of fused-ring (bicyclic) bond motifs is 8. The molecule has 2 aliphatic rings. The van der Waals surface area contributed by atoms with E-state index in [0.29, 0.717) is 0 Å². The molecule has 3 aromatic heterocycles. The van der Waals surface area contributed by atoms with E-state index in [9.17, 15) is 0 Å². The molecule has 0 fully saturated rings. The SMILES string of the molecule is C1=Cc2nc1c(-c1ccccc1)c1ccc([n-]1)c(-c1ccccc1)c1nc(c(-c3ccccc3)c3ccc([n-]3)c2-c2ccccc2)C=C1.[CH-]=O.[Ru+3]. The van der Waals surface area contributed by atoms with Crippen molar-refractivity contribution in [2.75, 3.05) is 0 Å². The maximum absolute atomic E-state index is 7.75. The first-order valence-corrected chi connectivity index (χ1v) is 16.3. The fraction of sp³-hybridized carbons (Fsp3) is 0. The molecule has 4 aromatic carbocycles. The second-order valence-electron chi connectivity index (χ2n) is 11.8. The zero-order chi connectivity index (χ0) is 33.9. The first-order chi connectivity index (χ1) is 24.8. The summed E-state index contributed by atoms with van der Waals surface area (Å²) in [7, 11) is 0. The molecule has 0 unspecified atom stereocenters. The zero-order valence-electron chi connectivity index (χ0n) is 27.3. The van der Waals surface area contributed by atoms with Crippen LogP contribution in [0, 0.1) is 0 Å². The minimum absolute atomic E-state index is 0. The van der Waals surface area contributed by atoms with Crippen LogP contribution in [0.1, 0.15) is 22.8 Å². The van der Waals surface area contributed by atoms with Gasteiger partial charge < -0.3 is 14.8 Å². The molecule has 0 saturated carbocycles. The van der Waals surface area contributed by atoms with Gasteiger partial charge in [-0.25, -0.2) is 9.97 Å². The number of benzene rings is 4. The van der Waals surface area contributed by atoms with Crippen LogP contribution in [0.15, 0.2) is 146 Å². The van der Waals surface area contributed by atoms with E-state index in [0.717, 1.165) is 89.4 Å². The quantitative estimate of drug-likeness (QED) is 0.102. The van der Waals surface area contributed by atoms with Crippen LogP contribution in [0.5, 0.6) is 0 Å². The molecule has 0 N–H and O–H groups in total. The molecule has 0 amide bonds. The van der Waals surface area contributed by atoms with Crippen molar-refractivity contribution < 1.29 is 24.3 Å². The number of nitrogens with zero attached hydrogens (tertiary/aromatic N) is 4. The average Bonchev–Trinajstić information content (AvgIpc) is 4.02. The maximum Gasteiger partial charge on any atom is 3.00 e. The van der Waals surface area contributed by atoms with Crippen molar-refractivity contribution in [2.45, 2.75) is 0 Å². The molecule has 5 nitrogen and oxygen atoms in total. The minimum Gasteiger partial charge on any atom is -0.657 e. The molecule has 0 saturated heterocycles. The van der Waals surface area contributed by atoms with Gasteiger partial charge in [0.1, 0.15) is 0 Å². The van der Waals surface area contributed by atoms with E-state index in [4.69, 9.17) is 24.7 Å². The number of hydrogen-bond acceptors (Lipinski definition) is 3. The van der Waals surface area contributed by atoms with E-state index in [-0.39, 0.29) is 19.5 Å². The summed E-state index contributed by atoms with van der Waals surface area (Å²) in [5.74, 6) is 0. The second-order valence-corrected chi connectivity index (χ2v) is 11.8. The van der Waals surface area contributed by atoms with Crippen molar-refractivity contribution in [1.29, 1.82) is 0 Å². The molecule has 6 heteroatoms. The summed E-state index contributed by atoms with van der Waals surface area (Å²) in [4.78, 5) is 29.0. The van der Waals surface area contributed by atoms with E-state index >= 15 is 0 Å². The van der Waals surface area contributed by atoms with Gasteiger partial charge in [0.2, 0.25) is 0 Å². The summed E-state index contributed by atoms with van der Waals surface area (Å²) in [6, 6.07) is 50.0. The zero-order valence-corrected chi connectivity index (χ0v) is 29.0. The van der Waals surface area contributed by atoms with E-state index < -0.39 is 0 Å². The van der Waals surface area contributed by atoms with Gasteiger partial charge in [-0.2, -0.15) is 0 Å². The Morgan fingerprint density at radius 1 is 0.333 bits per heavy atom. The third-order valence-corrected chi connectivity index (χ3v) is 8.86. The Kier molecular flexibility index (Phi) is 9.60. The molecule has 0 atom stereocenters. The Labute approximate surface area is 308 Å². The van der Waals surface area contributed by atoms with Crippen LogP contribution in [0.25, 0.3) is 90.9 Å². The van der Waals surface area contributed by atoms with Crippen LogP contribution in [-0.4, -0.2) is 16.8 Å². The van der Waals surface area contributed by atoms with Crippen molar-refractivity contribution in [3.8, 4) is 44.5 Å². The fourth-order valence-electron chi connectivity index (χ4n) is 6.69. The molecule has 1 radical (unpaired) electrons. The summed E-state index contributed by atoms with van der Waals surface area (Å²) in [5, 5.41) is 0.